The number of hydrogen-bond donors (Lipinski definition) is 0. The third kappa shape index (κ3) is 1.63. The monoisotopic (exact) mass is 179 g/mol. The molecule has 0 amide bonds. The average Bonchev–Trinajstić information content (AvgIpc) is 2.28. The minimum atomic E-state index is 1.32. The minimum Gasteiger partial charge on any atom is -0.0798 e. The maximum atomic E-state index is 2.15. The highest BCUT2D eigenvalue weighted by molar-refractivity contribution is 8.77. The van der Waals surface area contributed by atoms with Crippen molar-refractivity contribution in [2.75, 3.05) is 0 Å². The molecular formula is C9H7S2. The molecule has 0 saturated carbocycles. The lowest BCUT2D eigenvalue weighted by molar-refractivity contribution is 1.44. The maximum Gasteiger partial charge on any atom is 0.0500 e. The third-order valence-electron chi connectivity index (χ3n) is 1.47. The first kappa shape index (κ1) is 7.32. The molecule has 1 heterocycles. The van der Waals surface area contributed by atoms with E-state index in [4.69, 9.17) is 0 Å². The zero-order chi connectivity index (χ0) is 7.52. The van der Waals surface area contributed by atoms with Crippen molar-refractivity contribution < 1.29 is 0 Å². The van der Waals surface area contributed by atoms with Gasteiger partial charge in [-0.15, -0.1) is 0 Å². The number of hydrogen-bond acceptors (Lipinski definition) is 2. The van der Waals surface area contributed by atoms with E-state index >= 15 is 0 Å². The highest BCUT2D eigenvalue weighted by Crippen LogP contribution is 2.38. The van der Waals surface area contributed by atoms with Crippen molar-refractivity contribution in [2.45, 2.75) is 4.90 Å². The van der Waals surface area contributed by atoms with Gasteiger partial charge in [-0.25, -0.2) is 0 Å². The normalized spacial score (nSPS) is 15.6. The number of rotatable bonds is 0. The van der Waals surface area contributed by atoms with Crippen LogP contribution in [-0.2, 0) is 0 Å². The first-order valence-electron chi connectivity index (χ1n) is 3.39. The second-order valence-electron chi connectivity index (χ2n) is 2.21. The van der Waals surface area contributed by atoms with Gasteiger partial charge in [0.1, 0.15) is 0 Å². The molecule has 2 heteroatoms. The van der Waals surface area contributed by atoms with E-state index in [1.54, 1.807) is 10.8 Å². The molecule has 0 aliphatic carbocycles. The van der Waals surface area contributed by atoms with Crippen molar-refractivity contribution in [1.29, 1.82) is 0 Å². The summed E-state index contributed by atoms with van der Waals surface area (Å²) in [5, 5.41) is 0. The lowest BCUT2D eigenvalue weighted by Gasteiger charge is -1.99. The van der Waals surface area contributed by atoms with Crippen molar-refractivity contribution in [3.8, 4) is 0 Å². The smallest absolute Gasteiger partial charge is 0.0500 e. The zero-order valence-corrected chi connectivity index (χ0v) is 7.49. The van der Waals surface area contributed by atoms with Crippen molar-refractivity contribution in [2.24, 2.45) is 0 Å². The fourth-order valence-corrected chi connectivity index (χ4v) is 2.74. The molecule has 1 radical (unpaired) electrons. The molecule has 1 aromatic carbocycles. The van der Waals surface area contributed by atoms with E-state index in [1.165, 1.54) is 10.5 Å². The summed E-state index contributed by atoms with van der Waals surface area (Å²) in [5.74, 6) is 2.10. The molecule has 0 saturated heterocycles. The van der Waals surface area contributed by atoms with Crippen molar-refractivity contribution in [3.05, 3.63) is 41.7 Å². The molecule has 0 atom stereocenters. The van der Waals surface area contributed by atoms with Crippen molar-refractivity contribution in [1.82, 2.24) is 0 Å². The van der Waals surface area contributed by atoms with Crippen LogP contribution in [0.1, 0.15) is 5.56 Å². The Hall–Kier alpha value is -0.340. The molecule has 1 aliphatic heterocycles. The summed E-state index contributed by atoms with van der Waals surface area (Å²) < 4.78 is 0. The van der Waals surface area contributed by atoms with E-state index in [-0.39, 0.29) is 0 Å². The Morgan fingerprint density at radius 1 is 1.09 bits per heavy atom. The zero-order valence-electron chi connectivity index (χ0n) is 5.86. The fourth-order valence-electron chi connectivity index (χ4n) is 0.949. The van der Waals surface area contributed by atoms with E-state index in [2.05, 4.69) is 42.2 Å². The molecule has 0 bridgehead atoms. The SMILES string of the molecule is [CH]1C=Cc2ccccc2SS1. The molecule has 0 aromatic heterocycles. The van der Waals surface area contributed by atoms with E-state index in [9.17, 15) is 0 Å². The first-order chi connectivity index (χ1) is 5.47. The summed E-state index contributed by atoms with van der Waals surface area (Å²) in [4.78, 5) is 1.35. The summed E-state index contributed by atoms with van der Waals surface area (Å²) in [7, 11) is 3.57. The topological polar surface area (TPSA) is 0 Å². The van der Waals surface area contributed by atoms with E-state index in [1.807, 2.05) is 10.8 Å². The van der Waals surface area contributed by atoms with Gasteiger partial charge in [0.2, 0.25) is 0 Å². The minimum absolute atomic E-state index is 1.32. The van der Waals surface area contributed by atoms with Gasteiger partial charge in [-0.3, -0.25) is 0 Å². The van der Waals surface area contributed by atoms with Crippen molar-refractivity contribution in [3.63, 3.8) is 0 Å². The summed E-state index contributed by atoms with van der Waals surface area (Å²) in [6.45, 7) is 0. The summed E-state index contributed by atoms with van der Waals surface area (Å²) in [6.07, 6.45) is 4.23. The fraction of sp³-hybridized carbons (Fsp3) is 0. The van der Waals surface area contributed by atoms with Crippen molar-refractivity contribution >= 4 is 27.7 Å². The van der Waals surface area contributed by atoms with Crippen LogP contribution in [0.5, 0.6) is 0 Å². The average molecular weight is 179 g/mol. The highest BCUT2D eigenvalue weighted by Gasteiger charge is 2.01. The molecule has 1 aromatic rings. The highest BCUT2D eigenvalue weighted by atomic mass is 33.1. The third-order valence-corrected chi connectivity index (χ3v) is 3.54. The largest absolute Gasteiger partial charge is 0.0798 e. The Bertz CT molecular complexity index is 279. The van der Waals surface area contributed by atoms with Crippen LogP contribution < -0.4 is 0 Å². The number of benzene rings is 1. The molecule has 2 rings (SSSR count). The predicted octanol–water partition coefficient (Wildman–Crippen LogP) is 3.62. The lowest BCUT2D eigenvalue weighted by atomic mass is 10.2. The van der Waals surface area contributed by atoms with Gasteiger partial charge in [-0.05, 0) is 11.6 Å². The van der Waals surface area contributed by atoms with Gasteiger partial charge in [0.05, 0.1) is 5.75 Å². The van der Waals surface area contributed by atoms with Gasteiger partial charge in [0.25, 0.3) is 0 Å². The number of fused-ring (bicyclic) bond motifs is 1. The molecule has 55 valence electrons. The molecule has 0 fully saturated rings. The molecule has 0 spiro atoms. The molecule has 0 N–H and O–H groups in total. The van der Waals surface area contributed by atoms with Crippen LogP contribution in [0.15, 0.2) is 35.2 Å². The second-order valence-corrected chi connectivity index (χ2v) is 4.36. The molecule has 0 unspecified atom stereocenters. The Kier molecular flexibility index (Phi) is 2.24. The molecule has 11 heavy (non-hydrogen) atoms. The predicted molar refractivity (Wildman–Crippen MR) is 53.2 cm³/mol. The van der Waals surface area contributed by atoms with Gasteiger partial charge in [-0.2, -0.15) is 0 Å². The summed E-state index contributed by atoms with van der Waals surface area (Å²) >= 11 is 0. The van der Waals surface area contributed by atoms with Gasteiger partial charge >= 0.3 is 0 Å². The van der Waals surface area contributed by atoms with Crippen LogP contribution in [0.25, 0.3) is 6.08 Å². The van der Waals surface area contributed by atoms with Crippen LogP contribution in [-0.4, -0.2) is 0 Å². The van der Waals surface area contributed by atoms with Gasteiger partial charge in [0.15, 0.2) is 0 Å². The Labute approximate surface area is 74.5 Å². The van der Waals surface area contributed by atoms with Crippen LogP contribution in [0, 0.1) is 5.75 Å². The first-order valence-corrected chi connectivity index (χ1v) is 5.60. The Morgan fingerprint density at radius 2 is 2.00 bits per heavy atom. The van der Waals surface area contributed by atoms with Crippen LogP contribution >= 0.6 is 21.6 Å². The van der Waals surface area contributed by atoms with E-state index in [0.717, 1.165) is 0 Å². The standard InChI is InChI=1S/C9H7S2/c1-2-6-9-8(4-1)5-3-7-10-11-9/h1-7H. The van der Waals surface area contributed by atoms with Crippen LogP contribution in [0.3, 0.4) is 0 Å². The van der Waals surface area contributed by atoms with Gasteiger partial charge < -0.3 is 0 Å². The Morgan fingerprint density at radius 3 is 3.00 bits per heavy atom. The molecule has 1 aliphatic rings. The summed E-state index contributed by atoms with van der Waals surface area (Å²) in [6, 6.07) is 8.43. The second kappa shape index (κ2) is 3.37. The summed E-state index contributed by atoms with van der Waals surface area (Å²) in [5.41, 5.74) is 1.32. The lowest BCUT2D eigenvalue weighted by Crippen LogP contribution is -1.73. The Balaban J connectivity index is 2.45. The van der Waals surface area contributed by atoms with Gasteiger partial charge in [-0.1, -0.05) is 51.9 Å². The van der Waals surface area contributed by atoms with E-state index < -0.39 is 0 Å². The molecule has 0 nitrogen and oxygen atoms in total. The van der Waals surface area contributed by atoms with Crippen LogP contribution in [0.2, 0.25) is 0 Å². The van der Waals surface area contributed by atoms with Gasteiger partial charge in [0, 0.05) is 4.90 Å². The van der Waals surface area contributed by atoms with Crippen LogP contribution in [0.4, 0.5) is 0 Å². The maximum absolute atomic E-state index is 2.15. The molecular weight excluding hydrogens is 172 g/mol. The van der Waals surface area contributed by atoms with E-state index in [0.29, 0.717) is 0 Å². The quantitative estimate of drug-likeness (QED) is 0.558.